The monoisotopic (exact) mass is 328 g/mol. The van der Waals surface area contributed by atoms with Crippen LogP contribution in [0.2, 0.25) is 0 Å². The minimum Gasteiger partial charge on any atom is -0.346 e. The summed E-state index contributed by atoms with van der Waals surface area (Å²) in [4.78, 5) is 17.6. The van der Waals surface area contributed by atoms with Crippen LogP contribution in [0.1, 0.15) is 68.0 Å². The highest BCUT2D eigenvalue weighted by atomic mass is 16.2. The number of nitrogens with zero attached hydrogens (tertiary/aromatic N) is 4. The van der Waals surface area contributed by atoms with Gasteiger partial charge in [-0.15, -0.1) is 0 Å². The highest BCUT2D eigenvalue weighted by Crippen LogP contribution is 2.34. The molecule has 0 radical (unpaired) electrons. The molecule has 3 atom stereocenters. The van der Waals surface area contributed by atoms with Gasteiger partial charge in [0.15, 0.2) is 5.82 Å². The molecule has 2 N–H and O–H groups in total. The van der Waals surface area contributed by atoms with Crippen LogP contribution in [0.15, 0.2) is 6.20 Å². The van der Waals surface area contributed by atoms with Crippen molar-refractivity contribution >= 4 is 5.91 Å². The van der Waals surface area contributed by atoms with Crippen molar-refractivity contribution in [3.05, 3.63) is 29.1 Å². The Bertz CT molecular complexity index is 748. The minimum atomic E-state index is -0.143. The zero-order valence-electron chi connectivity index (χ0n) is 14.2. The standard InChI is InChI=1S/C17H24N6O/c1-3-14-20-16-13(5-4-6-23(16)22-14)19-17(24)12-8-10(2)7-11-9-18-21-15(11)12/h9-10,12-13H,3-8H2,1-2H3,(H,18,21)(H,19,24)/t10-,12-,13-/m0/s1. The van der Waals surface area contributed by atoms with Crippen LogP contribution < -0.4 is 5.32 Å². The maximum Gasteiger partial charge on any atom is 0.229 e. The van der Waals surface area contributed by atoms with E-state index in [4.69, 9.17) is 0 Å². The van der Waals surface area contributed by atoms with E-state index >= 15 is 0 Å². The van der Waals surface area contributed by atoms with E-state index in [0.717, 1.165) is 56.0 Å². The normalized spacial score (nSPS) is 25.8. The van der Waals surface area contributed by atoms with Crippen molar-refractivity contribution in [2.75, 3.05) is 0 Å². The molecule has 2 aromatic heterocycles. The van der Waals surface area contributed by atoms with Gasteiger partial charge in [0.1, 0.15) is 5.82 Å². The van der Waals surface area contributed by atoms with E-state index in [9.17, 15) is 4.79 Å². The fourth-order valence-electron chi connectivity index (χ4n) is 3.96. The van der Waals surface area contributed by atoms with Gasteiger partial charge in [-0.1, -0.05) is 13.8 Å². The Kier molecular flexibility index (Phi) is 3.86. The van der Waals surface area contributed by atoms with Crippen molar-refractivity contribution in [1.82, 2.24) is 30.3 Å². The van der Waals surface area contributed by atoms with Crippen LogP contribution in [0.5, 0.6) is 0 Å². The summed E-state index contributed by atoms with van der Waals surface area (Å²) in [5, 5.41) is 14.9. The molecule has 0 bridgehead atoms. The minimum absolute atomic E-state index is 0.0392. The number of H-pyrrole nitrogens is 1. The quantitative estimate of drug-likeness (QED) is 0.900. The molecule has 7 nitrogen and oxygen atoms in total. The molecule has 24 heavy (non-hydrogen) atoms. The summed E-state index contributed by atoms with van der Waals surface area (Å²) in [6.45, 7) is 5.14. The first-order valence-electron chi connectivity index (χ1n) is 8.91. The lowest BCUT2D eigenvalue weighted by molar-refractivity contribution is -0.124. The van der Waals surface area contributed by atoms with Gasteiger partial charge in [-0.3, -0.25) is 9.89 Å². The Morgan fingerprint density at radius 2 is 2.38 bits per heavy atom. The van der Waals surface area contributed by atoms with Gasteiger partial charge in [-0.05, 0) is 37.2 Å². The SMILES string of the molecule is CCc1nc2n(n1)CCC[C@@H]2NC(=O)[C@H]1C[C@@H](C)Cc2cn[nH]c21. The van der Waals surface area contributed by atoms with Gasteiger partial charge in [-0.25, -0.2) is 9.67 Å². The number of hydrogen-bond donors (Lipinski definition) is 2. The molecule has 0 aromatic carbocycles. The average molecular weight is 328 g/mol. The molecule has 1 aliphatic heterocycles. The third kappa shape index (κ3) is 2.61. The Hall–Kier alpha value is -2.18. The number of fused-ring (bicyclic) bond motifs is 2. The molecular weight excluding hydrogens is 304 g/mol. The van der Waals surface area contributed by atoms with Crippen LogP contribution in [-0.4, -0.2) is 30.9 Å². The lowest BCUT2D eigenvalue weighted by Crippen LogP contribution is -2.38. The Morgan fingerprint density at radius 1 is 1.50 bits per heavy atom. The van der Waals surface area contributed by atoms with Crippen LogP contribution in [0.25, 0.3) is 0 Å². The maximum atomic E-state index is 12.9. The number of aromatic amines is 1. The van der Waals surface area contributed by atoms with Gasteiger partial charge >= 0.3 is 0 Å². The summed E-state index contributed by atoms with van der Waals surface area (Å²) in [7, 11) is 0. The molecule has 0 unspecified atom stereocenters. The molecule has 1 amide bonds. The molecule has 1 aliphatic carbocycles. The highest BCUT2D eigenvalue weighted by Gasteiger charge is 2.34. The number of amides is 1. The first-order chi connectivity index (χ1) is 11.7. The van der Waals surface area contributed by atoms with Gasteiger partial charge in [-0.2, -0.15) is 10.2 Å². The summed E-state index contributed by atoms with van der Waals surface area (Å²) in [6.07, 6.45) is 6.47. The fourth-order valence-corrected chi connectivity index (χ4v) is 3.96. The van der Waals surface area contributed by atoms with Gasteiger partial charge in [0.25, 0.3) is 0 Å². The topological polar surface area (TPSA) is 88.5 Å². The van der Waals surface area contributed by atoms with Crippen molar-refractivity contribution in [2.24, 2.45) is 5.92 Å². The molecule has 2 aliphatic rings. The van der Waals surface area contributed by atoms with Crippen LogP contribution in [0.4, 0.5) is 0 Å². The molecule has 0 spiro atoms. The van der Waals surface area contributed by atoms with E-state index < -0.39 is 0 Å². The van der Waals surface area contributed by atoms with Crippen molar-refractivity contribution < 1.29 is 4.79 Å². The number of hydrogen-bond acceptors (Lipinski definition) is 4. The van der Waals surface area contributed by atoms with Crippen molar-refractivity contribution in [2.45, 2.75) is 64.5 Å². The smallest absolute Gasteiger partial charge is 0.229 e. The van der Waals surface area contributed by atoms with E-state index in [1.807, 2.05) is 10.9 Å². The summed E-state index contributed by atoms with van der Waals surface area (Å²) in [5.41, 5.74) is 2.16. The third-order valence-electron chi connectivity index (χ3n) is 5.17. The Labute approximate surface area is 141 Å². The predicted molar refractivity (Wildman–Crippen MR) is 88.3 cm³/mol. The lowest BCUT2D eigenvalue weighted by Gasteiger charge is -2.29. The van der Waals surface area contributed by atoms with E-state index in [1.54, 1.807) is 0 Å². The molecule has 0 saturated carbocycles. The number of aromatic nitrogens is 5. The lowest BCUT2D eigenvalue weighted by atomic mass is 9.81. The second-order valence-electron chi connectivity index (χ2n) is 7.07. The molecule has 2 aromatic rings. The van der Waals surface area contributed by atoms with Gasteiger partial charge in [0.2, 0.25) is 5.91 Å². The second kappa shape index (κ2) is 6.03. The van der Waals surface area contributed by atoms with Crippen molar-refractivity contribution in [3.63, 3.8) is 0 Å². The van der Waals surface area contributed by atoms with Crippen LogP contribution >= 0.6 is 0 Å². The molecule has 128 valence electrons. The summed E-state index contributed by atoms with van der Waals surface area (Å²) in [5.74, 6) is 2.18. The Morgan fingerprint density at radius 3 is 3.21 bits per heavy atom. The van der Waals surface area contributed by atoms with Gasteiger partial charge < -0.3 is 5.32 Å². The van der Waals surface area contributed by atoms with Crippen LogP contribution in [-0.2, 0) is 24.2 Å². The van der Waals surface area contributed by atoms with Gasteiger partial charge in [0, 0.05) is 13.0 Å². The molecule has 0 saturated heterocycles. The largest absolute Gasteiger partial charge is 0.346 e. The number of rotatable bonds is 3. The molecular formula is C17H24N6O. The number of carbonyl (C=O) groups is 1. The van der Waals surface area contributed by atoms with E-state index in [0.29, 0.717) is 5.92 Å². The van der Waals surface area contributed by atoms with Crippen molar-refractivity contribution in [3.8, 4) is 0 Å². The summed E-state index contributed by atoms with van der Waals surface area (Å²) >= 11 is 0. The van der Waals surface area contributed by atoms with Crippen LogP contribution in [0, 0.1) is 5.92 Å². The molecule has 7 heteroatoms. The maximum absolute atomic E-state index is 12.9. The third-order valence-corrected chi connectivity index (χ3v) is 5.17. The first-order valence-corrected chi connectivity index (χ1v) is 8.91. The van der Waals surface area contributed by atoms with Crippen molar-refractivity contribution in [1.29, 1.82) is 0 Å². The summed E-state index contributed by atoms with van der Waals surface area (Å²) < 4.78 is 1.96. The van der Waals surface area contributed by atoms with E-state index in [2.05, 4.69) is 39.4 Å². The first kappa shape index (κ1) is 15.4. The molecule has 3 heterocycles. The highest BCUT2D eigenvalue weighted by molar-refractivity contribution is 5.84. The van der Waals surface area contributed by atoms with E-state index in [-0.39, 0.29) is 17.9 Å². The zero-order chi connectivity index (χ0) is 16.7. The number of carbonyl (C=O) groups excluding carboxylic acids is 1. The number of nitrogens with one attached hydrogen (secondary N) is 2. The predicted octanol–water partition coefficient (Wildman–Crippen LogP) is 1.88. The summed E-state index contributed by atoms with van der Waals surface area (Å²) in [6, 6.07) is -0.0392. The zero-order valence-corrected chi connectivity index (χ0v) is 14.2. The average Bonchev–Trinajstić information content (AvgIpc) is 3.20. The second-order valence-corrected chi connectivity index (χ2v) is 7.07. The van der Waals surface area contributed by atoms with Crippen LogP contribution in [0.3, 0.4) is 0 Å². The molecule has 0 fully saturated rings. The van der Waals surface area contributed by atoms with E-state index in [1.165, 1.54) is 5.56 Å². The fraction of sp³-hybridized carbons (Fsp3) is 0.647. The molecule has 4 rings (SSSR count). The van der Waals surface area contributed by atoms with Gasteiger partial charge in [0.05, 0.1) is 23.9 Å². The number of aryl methyl sites for hydroxylation is 2. The Balaban J connectivity index is 1.55.